The first-order valence-corrected chi connectivity index (χ1v) is 10.5. The molecule has 6 nitrogen and oxygen atoms in total. The highest BCUT2D eigenvalue weighted by molar-refractivity contribution is 5.82. The predicted molar refractivity (Wildman–Crippen MR) is 121 cm³/mol. The minimum atomic E-state index is -0.297. The molecule has 3 aromatic carbocycles. The summed E-state index contributed by atoms with van der Waals surface area (Å²) >= 11 is 0. The van der Waals surface area contributed by atoms with Gasteiger partial charge in [0.25, 0.3) is 0 Å². The van der Waals surface area contributed by atoms with E-state index in [0.717, 1.165) is 52.1 Å². The van der Waals surface area contributed by atoms with Gasteiger partial charge >= 0.3 is 6.09 Å². The third-order valence-electron chi connectivity index (χ3n) is 5.75. The molecule has 1 aromatic heterocycles. The molecule has 6 heteroatoms. The number of anilines is 1. The summed E-state index contributed by atoms with van der Waals surface area (Å²) in [5.41, 5.74) is 11.6. The highest BCUT2D eigenvalue weighted by Gasteiger charge is 2.33. The van der Waals surface area contributed by atoms with E-state index in [9.17, 15) is 4.79 Å². The zero-order valence-corrected chi connectivity index (χ0v) is 17.1. The molecule has 1 aliphatic heterocycles. The first kappa shape index (κ1) is 19.2. The van der Waals surface area contributed by atoms with E-state index in [0.29, 0.717) is 6.54 Å². The molecule has 4 aromatic rings. The number of amides is 1. The molecule has 0 bridgehead atoms. The summed E-state index contributed by atoms with van der Waals surface area (Å²) < 4.78 is 5.56. The number of nitrogens with one attached hydrogen (secondary N) is 1. The minimum Gasteiger partial charge on any atom is -0.445 e. The molecule has 0 saturated carbocycles. The zero-order chi connectivity index (χ0) is 21.2. The van der Waals surface area contributed by atoms with Gasteiger partial charge in [-0.05, 0) is 53.8 Å². The number of likely N-dealkylation sites (tertiary alicyclic amines) is 1. The molecule has 31 heavy (non-hydrogen) atoms. The fraction of sp³-hybridized carbons (Fsp3) is 0.200. The Labute approximate surface area is 180 Å². The summed E-state index contributed by atoms with van der Waals surface area (Å²) in [7, 11) is 0. The maximum atomic E-state index is 12.7. The number of ether oxygens (including phenoxy) is 1. The van der Waals surface area contributed by atoms with Crippen LogP contribution in [0.1, 0.15) is 30.3 Å². The largest absolute Gasteiger partial charge is 0.445 e. The van der Waals surface area contributed by atoms with Gasteiger partial charge in [-0.1, -0.05) is 48.5 Å². The van der Waals surface area contributed by atoms with E-state index >= 15 is 0 Å². The molecule has 1 fully saturated rings. The van der Waals surface area contributed by atoms with Gasteiger partial charge in [-0.2, -0.15) is 0 Å². The molecule has 1 aliphatic rings. The van der Waals surface area contributed by atoms with Gasteiger partial charge in [0.2, 0.25) is 0 Å². The summed E-state index contributed by atoms with van der Waals surface area (Å²) in [6, 6.07) is 23.6. The number of H-pyrrole nitrogens is 1. The Morgan fingerprint density at radius 2 is 1.84 bits per heavy atom. The van der Waals surface area contributed by atoms with E-state index in [1.54, 1.807) is 4.90 Å². The van der Waals surface area contributed by atoms with Crippen LogP contribution in [0.15, 0.2) is 72.8 Å². The predicted octanol–water partition coefficient (Wildman–Crippen LogP) is 5.29. The fourth-order valence-corrected chi connectivity index (χ4v) is 4.11. The molecule has 5 rings (SSSR count). The normalized spacial score (nSPS) is 16.0. The lowest BCUT2D eigenvalue weighted by molar-refractivity contribution is 0.0910. The van der Waals surface area contributed by atoms with Gasteiger partial charge in [0.1, 0.15) is 12.4 Å². The molecule has 3 N–H and O–H groups in total. The summed E-state index contributed by atoms with van der Waals surface area (Å²) in [5.74, 6) is 0.804. The molecule has 1 unspecified atom stereocenters. The van der Waals surface area contributed by atoms with Crippen LogP contribution in [-0.4, -0.2) is 27.5 Å². The van der Waals surface area contributed by atoms with Gasteiger partial charge in [0.05, 0.1) is 17.1 Å². The maximum Gasteiger partial charge on any atom is 0.410 e. The molecule has 0 aliphatic carbocycles. The lowest BCUT2D eigenvalue weighted by atomic mass is 10.0. The van der Waals surface area contributed by atoms with E-state index in [1.165, 1.54) is 0 Å². The number of carbonyl (C=O) groups excluding carboxylic acids is 1. The van der Waals surface area contributed by atoms with Gasteiger partial charge in [0.15, 0.2) is 0 Å². The summed E-state index contributed by atoms with van der Waals surface area (Å²) in [5, 5.41) is 0. The number of nitrogens with zero attached hydrogens (tertiary/aromatic N) is 2. The highest BCUT2D eigenvalue weighted by Crippen LogP contribution is 2.33. The van der Waals surface area contributed by atoms with Crippen LogP contribution in [-0.2, 0) is 11.3 Å². The van der Waals surface area contributed by atoms with E-state index in [4.69, 9.17) is 15.5 Å². The number of aromatic nitrogens is 2. The van der Waals surface area contributed by atoms with Crippen molar-refractivity contribution in [1.29, 1.82) is 0 Å². The average Bonchev–Trinajstić information content (AvgIpc) is 3.45. The first-order valence-electron chi connectivity index (χ1n) is 10.5. The van der Waals surface area contributed by atoms with Crippen molar-refractivity contribution < 1.29 is 9.53 Å². The Morgan fingerprint density at radius 1 is 1.06 bits per heavy atom. The monoisotopic (exact) mass is 412 g/mol. The van der Waals surface area contributed by atoms with Crippen LogP contribution in [0.5, 0.6) is 0 Å². The smallest absolute Gasteiger partial charge is 0.410 e. The van der Waals surface area contributed by atoms with E-state index in [-0.39, 0.29) is 18.7 Å². The number of fused-ring (bicyclic) bond motifs is 1. The van der Waals surface area contributed by atoms with Gasteiger partial charge < -0.3 is 15.5 Å². The molecular weight excluding hydrogens is 388 g/mol. The van der Waals surface area contributed by atoms with E-state index < -0.39 is 0 Å². The Bertz CT molecular complexity index is 1200. The second-order valence-electron chi connectivity index (χ2n) is 7.87. The van der Waals surface area contributed by atoms with E-state index in [2.05, 4.69) is 17.1 Å². The molecule has 0 spiro atoms. The summed E-state index contributed by atoms with van der Waals surface area (Å²) in [6.45, 7) is 0.944. The van der Waals surface area contributed by atoms with Crippen LogP contribution in [0, 0.1) is 0 Å². The summed E-state index contributed by atoms with van der Waals surface area (Å²) in [6.07, 6.45) is 1.50. The quantitative estimate of drug-likeness (QED) is 0.446. The Balaban J connectivity index is 1.35. The van der Waals surface area contributed by atoms with Crippen molar-refractivity contribution >= 4 is 22.8 Å². The molecule has 156 valence electrons. The number of nitrogens with two attached hydrogens (primary N) is 1. The molecule has 2 heterocycles. The number of aromatic amines is 1. The van der Waals surface area contributed by atoms with Crippen LogP contribution in [0.2, 0.25) is 0 Å². The zero-order valence-electron chi connectivity index (χ0n) is 17.1. The number of carbonyl (C=O) groups is 1. The average molecular weight is 412 g/mol. The SMILES string of the molecule is Nc1ccc(-c2ccc3nc(C4CCCN4C(=O)OCc4ccccc4)[nH]c3c2)cc1. The first-order chi connectivity index (χ1) is 15.2. The van der Waals surface area contributed by atoms with Crippen molar-refractivity contribution in [1.82, 2.24) is 14.9 Å². The number of hydrogen-bond donors (Lipinski definition) is 2. The van der Waals surface area contributed by atoms with Crippen LogP contribution >= 0.6 is 0 Å². The lowest BCUT2D eigenvalue weighted by Crippen LogP contribution is -2.31. The highest BCUT2D eigenvalue weighted by atomic mass is 16.6. The Morgan fingerprint density at radius 3 is 2.65 bits per heavy atom. The van der Waals surface area contributed by atoms with Crippen molar-refractivity contribution in [3.05, 3.63) is 84.2 Å². The summed E-state index contributed by atoms with van der Waals surface area (Å²) in [4.78, 5) is 22.7. The second-order valence-corrected chi connectivity index (χ2v) is 7.87. The third-order valence-corrected chi connectivity index (χ3v) is 5.75. The Hall–Kier alpha value is -3.80. The minimum absolute atomic E-state index is 0.101. The van der Waals surface area contributed by atoms with Crippen molar-refractivity contribution in [2.24, 2.45) is 0 Å². The standard InChI is InChI=1S/C25H24N4O2/c26-20-11-8-18(9-12-20)19-10-13-21-22(15-19)28-24(27-21)23-7-4-14-29(23)25(30)31-16-17-5-2-1-3-6-17/h1-3,5-6,8-13,15,23H,4,7,14,16,26H2,(H,27,28). The number of hydrogen-bond acceptors (Lipinski definition) is 4. The van der Waals surface area contributed by atoms with Crippen LogP contribution < -0.4 is 5.73 Å². The van der Waals surface area contributed by atoms with Crippen LogP contribution in [0.25, 0.3) is 22.2 Å². The van der Waals surface area contributed by atoms with Gasteiger partial charge in [-0.15, -0.1) is 0 Å². The van der Waals surface area contributed by atoms with E-state index in [1.807, 2.05) is 60.7 Å². The maximum absolute atomic E-state index is 12.7. The fourth-order valence-electron chi connectivity index (χ4n) is 4.11. The Kier molecular flexibility index (Phi) is 5.04. The van der Waals surface area contributed by atoms with Gasteiger partial charge in [-0.3, -0.25) is 4.90 Å². The van der Waals surface area contributed by atoms with Gasteiger partial charge in [0, 0.05) is 12.2 Å². The molecule has 0 radical (unpaired) electrons. The molecule has 1 amide bonds. The number of benzene rings is 3. The topological polar surface area (TPSA) is 84.2 Å². The van der Waals surface area contributed by atoms with Crippen molar-refractivity contribution in [2.75, 3.05) is 12.3 Å². The van der Waals surface area contributed by atoms with Crippen molar-refractivity contribution in [3.8, 4) is 11.1 Å². The molecule has 1 atom stereocenters. The molecular formula is C25H24N4O2. The second kappa shape index (κ2) is 8.14. The third kappa shape index (κ3) is 3.97. The van der Waals surface area contributed by atoms with Gasteiger partial charge in [-0.25, -0.2) is 9.78 Å². The molecule has 1 saturated heterocycles. The lowest BCUT2D eigenvalue weighted by Gasteiger charge is -2.22. The van der Waals surface area contributed by atoms with Crippen molar-refractivity contribution in [2.45, 2.75) is 25.5 Å². The van der Waals surface area contributed by atoms with Crippen LogP contribution in [0.4, 0.5) is 10.5 Å². The van der Waals surface area contributed by atoms with Crippen molar-refractivity contribution in [3.63, 3.8) is 0 Å². The van der Waals surface area contributed by atoms with Crippen LogP contribution in [0.3, 0.4) is 0 Å². The number of nitrogen functional groups attached to an aromatic ring is 1. The number of rotatable bonds is 4. The number of imidazole rings is 1.